The molecule has 1 saturated heterocycles. The number of benzene rings is 1. The normalized spacial score (nSPS) is 17.2. The molecular weight excluding hydrogens is 250 g/mol. The van der Waals surface area contributed by atoms with E-state index in [9.17, 15) is 4.79 Å². The molecule has 0 aromatic heterocycles. The van der Waals surface area contributed by atoms with Crippen molar-refractivity contribution in [3.63, 3.8) is 0 Å². The molecule has 1 amide bonds. The minimum Gasteiger partial charge on any atom is -0.369 e. The number of aryl methyl sites for hydroxylation is 1. The summed E-state index contributed by atoms with van der Waals surface area (Å²) in [5.74, 6) is -0.268. The van der Waals surface area contributed by atoms with Crippen LogP contribution in [0.2, 0.25) is 0 Å². The summed E-state index contributed by atoms with van der Waals surface area (Å²) in [5, 5.41) is 3.22. The van der Waals surface area contributed by atoms with Crippen molar-refractivity contribution in [2.24, 2.45) is 5.73 Å². The Labute approximate surface area is 121 Å². The van der Waals surface area contributed by atoms with Gasteiger partial charge in [0, 0.05) is 6.04 Å². The number of hydrogen-bond donors (Lipinski definition) is 2. The van der Waals surface area contributed by atoms with E-state index in [0.717, 1.165) is 38.9 Å². The fourth-order valence-electron chi connectivity index (χ4n) is 2.76. The summed E-state index contributed by atoms with van der Waals surface area (Å²) in [6.07, 6.45) is 4.58. The molecule has 0 aliphatic carbocycles. The van der Waals surface area contributed by atoms with Crippen LogP contribution < -0.4 is 11.1 Å². The van der Waals surface area contributed by atoms with Crippen LogP contribution in [0.25, 0.3) is 0 Å². The van der Waals surface area contributed by atoms with Crippen LogP contribution in [-0.4, -0.2) is 43.0 Å². The first-order valence-electron chi connectivity index (χ1n) is 7.52. The van der Waals surface area contributed by atoms with Crippen molar-refractivity contribution in [3.05, 3.63) is 35.9 Å². The lowest BCUT2D eigenvalue weighted by Crippen LogP contribution is -2.45. The minimum atomic E-state index is -0.268. The molecule has 110 valence electrons. The van der Waals surface area contributed by atoms with E-state index in [1.165, 1.54) is 12.0 Å². The maximum Gasteiger partial charge on any atom is 0.231 e. The maximum absolute atomic E-state index is 10.7. The number of piperidine rings is 1. The van der Waals surface area contributed by atoms with E-state index in [0.29, 0.717) is 12.6 Å². The predicted octanol–water partition coefficient (Wildman–Crippen LogP) is 1.16. The van der Waals surface area contributed by atoms with E-state index < -0.39 is 0 Å². The molecule has 0 spiro atoms. The lowest BCUT2D eigenvalue weighted by atomic mass is 10.0. The van der Waals surface area contributed by atoms with Crippen LogP contribution in [-0.2, 0) is 11.2 Å². The van der Waals surface area contributed by atoms with Gasteiger partial charge in [0.25, 0.3) is 0 Å². The van der Waals surface area contributed by atoms with Gasteiger partial charge in [-0.25, -0.2) is 0 Å². The third kappa shape index (κ3) is 5.31. The average molecular weight is 275 g/mol. The molecule has 4 heteroatoms. The molecule has 1 aromatic carbocycles. The second-order valence-corrected chi connectivity index (χ2v) is 5.55. The highest BCUT2D eigenvalue weighted by molar-refractivity contribution is 5.75. The predicted molar refractivity (Wildman–Crippen MR) is 81.4 cm³/mol. The van der Waals surface area contributed by atoms with Gasteiger partial charge in [-0.05, 0) is 50.9 Å². The smallest absolute Gasteiger partial charge is 0.231 e. The van der Waals surface area contributed by atoms with Crippen LogP contribution in [0.3, 0.4) is 0 Å². The van der Waals surface area contributed by atoms with E-state index in [1.807, 2.05) is 0 Å². The van der Waals surface area contributed by atoms with Gasteiger partial charge in [-0.2, -0.15) is 0 Å². The Hall–Kier alpha value is -1.39. The van der Waals surface area contributed by atoms with Crippen LogP contribution in [0.1, 0.15) is 24.8 Å². The standard InChI is InChI=1S/C16H25N3O/c17-16(20)13-18-15-8-11-19(12-9-15)10-4-7-14-5-2-1-3-6-14/h1-3,5-6,15,18H,4,7-13H2,(H2,17,20). The van der Waals surface area contributed by atoms with Crippen LogP contribution >= 0.6 is 0 Å². The van der Waals surface area contributed by atoms with Crippen LogP contribution in [0.5, 0.6) is 0 Å². The molecule has 0 radical (unpaired) electrons. The number of rotatable bonds is 7. The molecule has 0 atom stereocenters. The van der Waals surface area contributed by atoms with Crippen molar-refractivity contribution in [3.8, 4) is 0 Å². The van der Waals surface area contributed by atoms with Crippen LogP contribution in [0.15, 0.2) is 30.3 Å². The topological polar surface area (TPSA) is 58.4 Å². The van der Waals surface area contributed by atoms with Gasteiger partial charge in [0.05, 0.1) is 6.54 Å². The number of hydrogen-bond acceptors (Lipinski definition) is 3. The van der Waals surface area contributed by atoms with Gasteiger partial charge in [0.1, 0.15) is 0 Å². The third-order valence-corrected chi connectivity index (χ3v) is 3.94. The highest BCUT2D eigenvalue weighted by Crippen LogP contribution is 2.11. The Morgan fingerprint density at radius 3 is 2.60 bits per heavy atom. The van der Waals surface area contributed by atoms with E-state index >= 15 is 0 Å². The first-order valence-corrected chi connectivity index (χ1v) is 7.52. The SMILES string of the molecule is NC(=O)CNC1CCN(CCCc2ccccc2)CC1. The Morgan fingerprint density at radius 2 is 1.95 bits per heavy atom. The van der Waals surface area contributed by atoms with Gasteiger partial charge >= 0.3 is 0 Å². The molecule has 1 aliphatic heterocycles. The fourth-order valence-corrected chi connectivity index (χ4v) is 2.76. The minimum absolute atomic E-state index is 0.268. The number of amides is 1. The molecule has 4 nitrogen and oxygen atoms in total. The van der Waals surface area contributed by atoms with E-state index in [4.69, 9.17) is 5.73 Å². The summed E-state index contributed by atoms with van der Waals surface area (Å²) in [6.45, 7) is 3.70. The Balaban J connectivity index is 1.59. The number of nitrogens with one attached hydrogen (secondary N) is 1. The van der Waals surface area contributed by atoms with Crippen molar-refractivity contribution < 1.29 is 4.79 Å². The second-order valence-electron chi connectivity index (χ2n) is 5.55. The molecule has 1 heterocycles. The Bertz CT molecular complexity index is 399. The Morgan fingerprint density at radius 1 is 1.25 bits per heavy atom. The molecule has 2 rings (SSSR count). The van der Waals surface area contributed by atoms with Gasteiger partial charge in [-0.3, -0.25) is 4.79 Å². The maximum atomic E-state index is 10.7. The summed E-state index contributed by atoms with van der Waals surface area (Å²) in [4.78, 5) is 13.3. The third-order valence-electron chi connectivity index (χ3n) is 3.94. The number of nitrogens with zero attached hydrogens (tertiary/aromatic N) is 1. The molecule has 1 aliphatic rings. The molecular formula is C16H25N3O. The van der Waals surface area contributed by atoms with Gasteiger partial charge in [0.15, 0.2) is 0 Å². The lowest BCUT2D eigenvalue weighted by Gasteiger charge is -2.32. The van der Waals surface area contributed by atoms with Gasteiger partial charge in [0.2, 0.25) is 5.91 Å². The highest BCUT2D eigenvalue weighted by atomic mass is 16.1. The summed E-state index contributed by atoms with van der Waals surface area (Å²) in [7, 11) is 0. The first-order chi connectivity index (χ1) is 9.74. The number of likely N-dealkylation sites (tertiary alicyclic amines) is 1. The quantitative estimate of drug-likeness (QED) is 0.785. The molecule has 0 bridgehead atoms. The van der Waals surface area contributed by atoms with Crippen molar-refractivity contribution in [2.45, 2.75) is 31.7 Å². The van der Waals surface area contributed by atoms with Gasteiger partial charge in [-0.15, -0.1) is 0 Å². The zero-order valence-corrected chi connectivity index (χ0v) is 12.1. The van der Waals surface area contributed by atoms with E-state index in [2.05, 4.69) is 40.5 Å². The molecule has 3 N–H and O–H groups in total. The van der Waals surface area contributed by atoms with Gasteiger partial charge < -0.3 is 16.0 Å². The molecule has 0 unspecified atom stereocenters. The van der Waals surface area contributed by atoms with Crippen molar-refractivity contribution in [1.82, 2.24) is 10.2 Å². The average Bonchev–Trinajstić information content (AvgIpc) is 2.47. The Kier molecular flexibility index (Phi) is 6.02. The molecule has 1 aromatic rings. The second kappa shape index (κ2) is 8.02. The zero-order valence-electron chi connectivity index (χ0n) is 12.1. The highest BCUT2D eigenvalue weighted by Gasteiger charge is 2.18. The number of primary amides is 1. The first kappa shape index (κ1) is 15.0. The monoisotopic (exact) mass is 275 g/mol. The van der Waals surface area contributed by atoms with Crippen molar-refractivity contribution in [1.29, 1.82) is 0 Å². The fraction of sp³-hybridized carbons (Fsp3) is 0.562. The zero-order chi connectivity index (χ0) is 14.2. The molecule has 20 heavy (non-hydrogen) atoms. The van der Waals surface area contributed by atoms with Crippen molar-refractivity contribution in [2.75, 3.05) is 26.2 Å². The summed E-state index contributed by atoms with van der Waals surface area (Å²) in [6, 6.07) is 11.1. The van der Waals surface area contributed by atoms with Crippen molar-refractivity contribution >= 4 is 5.91 Å². The number of carbonyl (C=O) groups is 1. The van der Waals surface area contributed by atoms with E-state index in [-0.39, 0.29) is 5.91 Å². The molecule has 1 fully saturated rings. The number of carbonyl (C=O) groups excluding carboxylic acids is 1. The largest absolute Gasteiger partial charge is 0.369 e. The lowest BCUT2D eigenvalue weighted by molar-refractivity contribution is -0.117. The van der Waals surface area contributed by atoms with Gasteiger partial charge in [-0.1, -0.05) is 30.3 Å². The van der Waals surface area contributed by atoms with E-state index in [1.54, 1.807) is 0 Å². The summed E-state index contributed by atoms with van der Waals surface area (Å²) in [5.41, 5.74) is 6.57. The number of nitrogens with two attached hydrogens (primary N) is 1. The molecule has 0 saturated carbocycles. The summed E-state index contributed by atoms with van der Waals surface area (Å²) < 4.78 is 0. The van der Waals surface area contributed by atoms with Crippen LogP contribution in [0.4, 0.5) is 0 Å². The summed E-state index contributed by atoms with van der Waals surface area (Å²) >= 11 is 0. The van der Waals surface area contributed by atoms with Crippen LogP contribution in [0, 0.1) is 0 Å².